The van der Waals surface area contributed by atoms with E-state index in [1.165, 1.54) is 25.7 Å². The lowest BCUT2D eigenvalue weighted by atomic mass is 10.1. The number of anilines is 2. The van der Waals surface area contributed by atoms with E-state index in [0.717, 1.165) is 44.2 Å². The predicted molar refractivity (Wildman–Crippen MR) is 88.5 cm³/mol. The Morgan fingerprint density at radius 1 is 1.18 bits per heavy atom. The molecule has 2 amide bonds. The van der Waals surface area contributed by atoms with Gasteiger partial charge in [-0.1, -0.05) is 25.0 Å². The van der Waals surface area contributed by atoms with Gasteiger partial charge in [0.1, 0.15) is 0 Å². The van der Waals surface area contributed by atoms with Crippen LogP contribution in [-0.2, 0) is 4.74 Å². The number of benzene rings is 1. The molecular formula is C17H25N3O2. The van der Waals surface area contributed by atoms with Gasteiger partial charge >= 0.3 is 6.03 Å². The van der Waals surface area contributed by atoms with Crippen LogP contribution in [0.1, 0.15) is 25.7 Å². The van der Waals surface area contributed by atoms with E-state index in [-0.39, 0.29) is 6.03 Å². The zero-order valence-corrected chi connectivity index (χ0v) is 13.0. The van der Waals surface area contributed by atoms with E-state index in [1.807, 2.05) is 18.2 Å². The minimum absolute atomic E-state index is 0.104. The number of para-hydroxylation sites is 2. The molecule has 0 atom stereocenters. The Balaban J connectivity index is 1.57. The summed E-state index contributed by atoms with van der Waals surface area (Å²) in [4.78, 5) is 14.4. The molecule has 0 spiro atoms. The van der Waals surface area contributed by atoms with Crippen LogP contribution in [0.5, 0.6) is 0 Å². The number of carbonyl (C=O) groups is 1. The Hall–Kier alpha value is -1.75. The van der Waals surface area contributed by atoms with Crippen LogP contribution in [0.25, 0.3) is 0 Å². The molecule has 2 aliphatic rings. The second-order valence-corrected chi connectivity index (χ2v) is 6.10. The number of carbonyl (C=O) groups excluding carboxylic acids is 1. The number of nitrogens with one attached hydrogen (secondary N) is 2. The third-order valence-electron chi connectivity index (χ3n) is 4.53. The van der Waals surface area contributed by atoms with E-state index < -0.39 is 0 Å². The molecule has 1 saturated carbocycles. The van der Waals surface area contributed by atoms with E-state index in [2.05, 4.69) is 21.6 Å². The molecule has 1 aliphatic heterocycles. The number of hydrogen-bond donors (Lipinski definition) is 2. The Morgan fingerprint density at radius 2 is 1.91 bits per heavy atom. The Kier molecular flexibility index (Phi) is 5.16. The van der Waals surface area contributed by atoms with Gasteiger partial charge in [-0.15, -0.1) is 0 Å². The summed E-state index contributed by atoms with van der Waals surface area (Å²) in [5.74, 6) is 0.653. The smallest absolute Gasteiger partial charge is 0.319 e. The summed E-state index contributed by atoms with van der Waals surface area (Å²) < 4.78 is 5.40. The third kappa shape index (κ3) is 3.91. The average Bonchev–Trinajstić information content (AvgIpc) is 3.08. The fraction of sp³-hybridized carbons (Fsp3) is 0.588. The molecule has 1 heterocycles. The van der Waals surface area contributed by atoms with Crippen molar-refractivity contribution >= 4 is 17.4 Å². The normalized spacial score (nSPS) is 19.2. The van der Waals surface area contributed by atoms with E-state index in [9.17, 15) is 4.79 Å². The lowest BCUT2D eigenvalue weighted by Gasteiger charge is -2.30. The van der Waals surface area contributed by atoms with Crippen molar-refractivity contribution in [3.05, 3.63) is 24.3 Å². The van der Waals surface area contributed by atoms with Crippen molar-refractivity contribution in [3.63, 3.8) is 0 Å². The predicted octanol–water partition coefficient (Wildman–Crippen LogP) is 2.83. The largest absolute Gasteiger partial charge is 0.378 e. The molecule has 2 fully saturated rings. The molecule has 5 nitrogen and oxygen atoms in total. The lowest BCUT2D eigenvalue weighted by molar-refractivity contribution is 0.123. The maximum atomic E-state index is 12.1. The summed E-state index contributed by atoms with van der Waals surface area (Å²) in [6, 6.07) is 7.87. The van der Waals surface area contributed by atoms with Crippen LogP contribution < -0.4 is 15.5 Å². The van der Waals surface area contributed by atoms with E-state index >= 15 is 0 Å². The van der Waals surface area contributed by atoms with Gasteiger partial charge in [0.05, 0.1) is 24.6 Å². The first kappa shape index (κ1) is 15.2. The van der Waals surface area contributed by atoms with Gasteiger partial charge in [0, 0.05) is 19.6 Å². The van der Waals surface area contributed by atoms with Gasteiger partial charge in [0.25, 0.3) is 0 Å². The van der Waals surface area contributed by atoms with Crippen molar-refractivity contribution < 1.29 is 9.53 Å². The Morgan fingerprint density at radius 3 is 2.68 bits per heavy atom. The molecule has 22 heavy (non-hydrogen) atoms. The first-order valence-corrected chi connectivity index (χ1v) is 8.29. The number of nitrogens with zero attached hydrogens (tertiary/aromatic N) is 1. The highest BCUT2D eigenvalue weighted by Crippen LogP contribution is 2.26. The molecule has 5 heteroatoms. The molecule has 120 valence electrons. The monoisotopic (exact) mass is 303 g/mol. The number of ether oxygens (including phenoxy) is 1. The quantitative estimate of drug-likeness (QED) is 0.899. The maximum Gasteiger partial charge on any atom is 0.319 e. The SMILES string of the molecule is O=C(NCC1CCCC1)Nc1ccccc1N1CCOCC1. The van der Waals surface area contributed by atoms with Crippen LogP contribution in [0.3, 0.4) is 0 Å². The van der Waals surface area contributed by atoms with Crippen molar-refractivity contribution in [2.24, 2.45) is 5.92 Å². The molecule has 1 aromatic carbocycles. The molecule has 0 unspecified atom stereocenters. The van der Waals surface area contributed by atoms with Gasteiger partial charge in [-0.05, 0) is 30.9 Å². The molecule has 1 aliphatic carbocycles. The number of urea groups is 1. The van der Waals surface area contributed by atoms with Crippen LogP contribution in [0, 0.1) is 5.92 Å². The van der Waals surface area contributed by atoms with Crippen molar-refractivity contribution in [1.29, 1.82) is 0 Å². The summed E-state index contributed by atoms with van der Waals surface area (Å²) in [5, 5.41) is 6.01. The molecule has 0 aromatic heterocycles. The molecule has 0 bridgehead atoms. The van der Waals surface area contributed by atoms with Crippen molar-refractivity contribution in [1.82, 2.24) is 5.32 Å². The van der Waals surface area contributed by atoms with Crippen molar-refractivity contribution in [2.75, 3.05) is 43.1 Å². The number of rotatable bonds is 4. The Bertz CT molecular complexity index is 494. The van der Waals surface area contributed by atoms with Gasteiger partial charge in [0.2, 0.25) is 0 Å². The van der Waals surface area contributed by atoms with Crippen molar-refractivity contribution in [3.8, 4) is 0 Å². The second kappa shape index (κ2) is 7.49. The zero-order chi connectivity index (χ0) is 15.2. The lowest BCUT2D eigenvalue weighted by Crippen LogP contribution is -2.37. The van der Waals surface area contributed by atoms with Crippen molar-refractivity contribution in [2.45, 2.75) is 25.7 Å². The minimum Gasteiger partial charge on any atom is -0.378 e. The van der Waals surface area contributed by atoms with E-state index in [0.29, 0.717) is 5.92 Å². The van der Waals surface area contributed by atoms with Crippen LogP contribution in [0.4, 0.5) is 16.2 Å². The van der Waals surface area contributed by atoms with Gasteiger partial charge in [-0.25, -0.2) is 4.79 Å². The van der Waals surface area contributed by atoms with Crippen LogP contribution in [0.15, 0.2) is 24.3 Å². The number of amides is 2. The molecular weight excluding hydrogens is 278 g/mol. The van der Waals surface area contributed by atoms with Crippen LogP contribution >= 0.6 is 0 Å². The summed E-state index contributed by atoms with van der Waals surface area (Å²) in [5.41, 5.74) is 1.94. The first-order chi connectivity index (χ1) is 10.8. The summed E-state index contributed by atoms with van der Waals surface area (Å²) >= 11 is 0. The van der Waals surface area contributed by atoms with E-state index in [1.54, 1.807) is 0 Å². The fourth-order valence-electron chi connectivity index (χ4n) is 3.28. The van der Waals surface area contributed by atoms with Gasteiger partial charge in [-0.3, -0.25) is 0 Å². The Labute approximate surface area is 132 Å². The highest BCUT2D eigenvalue weighted by atomic mass is 16.5. The van der Waals surface area contributed by atoms with Gasteiger partial charge in [-0.2, -0.15) is 0 Å². The summed E-state index contributed by atoms with van der Waals surface area (Å²) in [6.45, 7) is 3.99. The zero-order valence-electron chi connectivity index (χ0n) is 13.0. The second-order valence-electron chi connectivity index (χ2n) is 6.10. The van der Waals surface area contributed by atoms with Crippen LogP contribution in [-0.4, -0.2) is 38.9 Å². The highest BCUT2D eigenvalue weighted by Gasteiger charge is 2.17. The van der Waals surface area contributed by atoms with Gasteiger partial charge < -0.3 is 20.3 Å². The molecule has 0 radical (unpaired) electrons. The highest BCUT2D eigenvalue weighted by molar-refractivity contribution is 5.93. The van der Waals surface area contributed by atoms with E-state index in [4.69, 9.17) is 4.74 Å². The summed E-state index contributed by atoms with van der Waals surface area (Å²) in [6.07, 6.45) is 5.08. The third-order valence-corrected chi connectivity index (χ3v) is 4.53. The fourth-order valence-corrected chi connectivity index (χ4v) is 3.28. The molecule has 3 rings (SSSR count). The topological polar surface area (TPSA) is 53.6 Å². The number of hydrogen-bond acceptors (Lipinski definition) is 3. The molecule has 2 N–H and O–H groups in total. The standard InChI is InChI=1S/C17H25N3O2/c21-17(18-13-14-5-1-2-6-14)19-15-7-3-4-8-16(15)20-9-11-22-12-10-20/h3-4,7-8,14H,1-2,5-6,9-13H2,(H2,18,19,21). The maximum absolute atomic E-state index is 12.1. The van der Waals surface area contributed by atoms with Crippen LogP contribution in [0.2, 0.25) is 0 Å². The first-order valence-electron chi connectivity index (χ1n) is 8.29. The molecule has 1 saturated heterocycles. The summed E-state index contributed by atoms with van der Waals surface area (Å²) in [7, 11) is 0. The minimum atomic E-state index is -0.104. The number of morpholine rings is 1. The van der Waals surface area contributed by atoms with Gasteiger partial charge in [0.15, 0.2) is 0 Å². The average molecular weight is 303 g/mol. The molecule has 1 aromatic rings.